The molecule has 0 saturated carbocycles. The van der Waals surface area contributed by atoms with Gasteiger partial charge in [-0.1, -0.05) is 0 Å². The van der Waals surface area contributed by atoms with Gasteiger partial charge >= 0.3 is 0 Å². The third-order valence-corrected chi connectivity index (χ3v) is 4.09. The Morgan fingerprint density at radius 3 is 2.75 bits per heavy atom. The van der Waals surface area contributed by atoms with Crippen molar-refractivity contribution in [2.45, 2.75) is 11.3 Å². The molecule has 0 amide bonds. The van der Waals surface area contributed by atoms with Crippen molar-refractivity contribution in [1.82, 2.24) is 24.5 Å². The van der Waals surface area contributed by atoms with Gasteiger partial charge in [0.05, 0.1) is 0 Å². The molecule has 108 valence electrons. The minimum absolute atomic E-state index is 0.0782. The number of nitrogen functional groups attached to an aromatic ring is 1. The zero-order chi connectivity index (χ0) is 14.6. The summed E-state index contributed by atoms with van der Waals surface area (Å²) in [6, 6.07) is 2.91. The van der Waals surface area contributed by atoms with Gasteiger partial charge in [0.2, 0.25) is 10.0 Å². The van der Waals surface area contributed by atoms with Crippen LogP contribution < -0.4 is 16.0 Å². The summed E-state index contributed by atoms with van der Waals surface area (Å²) in [5.41, 5.74) is 2.33. The Morgan fingerprint density at radius 1 is 1.40 bits per heavy atom. The van der Waals surface area contributed by atoms with Gasteiger partial charge in [0.15, 0.2) is 0 Å². The van der Waals surface area contributed by atoms with E-state index in [0.717, 1.165) is 0 Å². The molecule has 0 spiro atoms. The van der Waals surface area contributed by atoms with Gasteiger partial charge in [-0.2, -0.15) is 0 Å². The number of aryl methyl sites for hydroxylation is 1. The molecule has 2 heterocycles. The number of hydrazine groups is 1. The Hall–Kier alpha value is -2.04. The summed E-state index contributed by atoms with van der Waals surface area (Å²) in [7, 11) is -1.79. The predicted molar refractivity (Wildman–Crippen MR) is 71.9 cm³/mol. The topological polar surface area (TPSA) is 128 Å². The molecule has 0 radical (unpaired) electrons. The summed E-state index contributed by atoms with van der Waals surface area (Å²) in [6.45, 7) is 0.228. The van der Waals surface area contributed by atoms with E-state index >= 15 is 0 Å². The van der Waals surface area contributed by atoms with Crippen LogP contribution in [0.3, 0.4) is 0 Å². The lowest BCUT2D eigenvalue weighted by molar-refractivity contribution is 0.579. The van der Waals surface area contributed by atoms with Crippen LogP contribution in [0.1, 0.15) is 5.82 Å². The summed E-state index contributed by atoms with van der Waals surface area (Å²) in [5.74, 6) is 6.26. The van der Waals surface area contributed by atoms with Gasteiger partial charge in [0, 0.05) is 26.2 Å². The maximum atomic E-state index is 12.0. The zero-order valence-electron chi connectivity index (χ0n) is 10.8. The van der Waals surface area contributed by atoms with Gasteiger partial charge < -0.3 is 9.99 Å². The van der Waals surface area contributed by atoms with Crippen LogP contribution in [0.2, 0.25) is 0 Å². The maximum Gasteiger partial charge on any atom is 0.242 e. The second kappa shape index (κ2) is 5.94. The van der Waals surface area contributed by atoms with E-state index in [1.807, 2.05) is 0 Å². The first-order valence-electron chi connectivity index (χ1n) is 5.78. The van der Waals surface area contributed by atoms with Crippen molar-refractivity contribution in [2.24, 2.45) is 12.9 Å². The van der Waals surface area contributed by atoms with E-state index in [9.17, 15) is 8.42 Å². The first-order chi connectivity index (χ1) is 9.53. The molecule has 2 aromatic rings. The lowest BCUT2D eigenvalue weighted by Crippen LogP contribution is -2.26. The number of hydrogen-bond acceptors (Lipinski definition) is 7. The molecule has 2 rings (SSSR count). The van der Waals surface area contributed by atoms with Crippen molar-refractivity contribution < 1.29 is 8.42 Å². The highest BCUT2D eigenvalue weighted by Gasteiger charge is 2.14. The number of nitrogens with zero attached hydrogens (tertiary/aromatic N) is 4. The number of nitrogens with one attached hydrogen (secondary N) is 2. The Kier molecular flexibility index (Phi) is 4.27. The number of nitrogens with two attached hydrogens (primary N) is 1. The molecule has 0 saturated heterocycles. The number of sulfonamides is 1. The third kappa shape index (κ3) is 3.29. The van der Waals surface area contributed by atoms with Crippen molar-refractivity contribution in [3.8, 4) is 0 Å². The van der Waals surface area contributed by atoms with Crippen LogP contribution in [-0.2, 0) is 23.5 Å². The quantitative estimate of drug-likeness (QED) is 0.461. The second-order valence-electron chi connectivity index (χ2n) is 4.03. The van der Waals surface area contributed by atoms with Crippen LogP contribution >= 0.6 is 0 Å². The van der Waals surface area contributed by atoms with Crippen LogP contribution in [0.15, 0.2) is 29.6 Å². The molecular formula is C10H15N7O2S. The molecule has 0 atom stereocenters. The zero-order valence-corrected chi connectivity index (χ0v) is 11.6. The monoisotopic (exact) mass is 297 g/mol. The number of hydrogen-bond donors (Lipinski definition) is 3. The Balaban J connectivity index is 1.98. The number of aromatic nitrogens is 4. The molecule has 9 nitrogen and oxygen atoms in total. The fourth-order valence-electron chi connectivity index (χ4n) is 1.54. The van der Waals surface area contributed by atoms with E-state index in [1.54, 1.807) is 17.9 Å². The molecule has 0 bridgehead atoms. The molecule has 10 heteroatoms. The van der Waals surface area contributed by atoms with Crippen molar-refractivity contribution in [3.05, 3.63) is 30.5 Å². The summed E-state index contributed by atoms with van der Waals surface area (Å²) in [5, 5.41) is 7.60. The highest BCUT2D eigenvalue weighted by molar-refractivity contribution is 7.89. The molecule has 0 fully saturated rings. The summed E-state index contributed by atoms with van der Waals surface area (Å²) in [6.07, 6.45) is 3.25. The van der Waals surface area contributed by atoms with Gasteiger partial charge in [-0.15, -0.1) is 10.2 Å². The van der Waals surface area contributed by atoms with Crippen molar-refractivity contribution >= 4 is 15.8 Å². The van der Waals surface area contributed by atoms with Crippen molar-refractivity contribution in [3.63, 3.8) is 0 Å². The normalized spacial score (nSPS) is 11.5. The van der Waals surface area contributed by atoms with E-state index in [4.69, 9.17) is 5.84 Å². The average molecular weight is 297 g/mol. The molecule has 0 aliphatic carbocycles. The maximum absolute atomic E-state index is 12.0. The van der Waals surface area contributed by atoms with E-state index in [-0.39, 0.29) is 11.4 Å². The molecule has 4 N–H and O–H groups in total. The van der Waals surface area contributed by atoms with Crippen LogP contribution in [0, 0.1) is 0 Å². The first-order valence-corrected chi connectivity index (χ1v) is 7.26. The molecular weight excluding hydrogens is 282 g/mol. The summed E-state index contributed by atoms with van der Waals surface area (Å²) in [4.78, 5) is 3.93. The summed E-state index contributed by atoms with van der Waals surface area (Å²) >= 11 is 0. The molecule has 0 aliphatic rings. The minimum atomic E-state index is -3.59. The standard InChI is InChI=1S/C10H15N7O2S/c1-17-7-13-16-10(17)4-5-14-20(18,19)8-2-3-9(15-11)12-6-8/h2-3,6-7,14H,4-5,11H2,1H3,(H,12,15). The largest absolute Gasteiger partial charge is 0.321 e. The van der Waals surface area contributed by atoms with E-state index in [2.05, 4.69) is 25.3 Å². The van der Waals surface area contributed by atoms with Gasteiger partial charge in [0.25, 0.3) is 0 Å². The van der Waals surface area contributed by atoms with Gasteiger partial charge in [-0.3, -0.25) is 0 Å². The Bertz CT molecular complexity index is 665. The van der Waals surface area contributed by atoms with Crippen LogP contribution in [0.4, 0.5) is 5.82 Å². The molecule has 0 aliphatic heterocycles. The third-order valence-electron chi connectivity index (χ3n) is 2.64. The fourth-order valence-corrected chi connectivity index (χ4v) is 2.51. The Labute approximate surface area is 116 Å². The van der Waals surface area contributed by atoms with Crippen LogP contribution in [-0.4, -0.2) is 34.7 Å². The van der Waals surface area contributed by atoms with Gasteiger partial charge in [-0.05, 0) is 12.1 Å². The molecule has 0 unspecified atom stereocenters. The number of pyridine rings is 1. The number of anilines is 1. The van der Waals surface area contributed by atoms with E-state index in [0.29, 0.717) is 18.1 Å². The van der Waals surface area contributed by atoms with E-state index < -0.39 is 10.0 Å². The second-order valence-corrected chi connectivity index (χ2v) is 5.80. The smallest absolute Gasteiger partial charge is 0.242 e. The predicted octanol–water partition coefficient (Wildman–Crippen LogP) is -0.983. The van der Waals surface area contributed by atoms with Gasteiger partial charge in [0.1, 0.15) is 22.9 Å². The summed E-state index contributed by atoms with van der Waals surface area (Å²) < 4.78 is 28.2. The SMILES string of the molecule is Cn1cnnc1CCNS(=O)(=O)c1ccc(NN)nc1. The van der Waals surface area contributed by atoms with Crippen LogP contribution in [0.5, 0.6) is 0 Å². The van der Waals surface area contributed by atoms with Crippen molar-refractivity contribution in [1.29, 1.82) is 0 Å². The van der Waals surface area contributed by atoms with Gasteiger partial charge in [-0.25, -0.2) is 24.0 Å². The molecule has 20 heavy (non-hydrogen) atoms. The first kappa shape index (κ1) is 14.4. The fraction of sp³-hybridized carbons (Fsp3) is 0.300. The van der Waals surface area contributed by atoms with Crippen LogP contribution in [0.25, 0.3) is 0 Å². The van der Waals surface area contributed by atoms with E-state index in [1.165, 1.54) is 18.3 Å². The highest BCUT2D eigenvalue weighted by Crippen LogP contribution is 2.09. The van der Waals surface area contributed by atoms with Crippen molar-refractivity contribution in [2.75, 3.05) is 12.0 Å². The average Bonchev–Trinajstić information content (AvgIpc) is 2.84. The minimum Gasteiger partial charge on any atom is -0.321 e. The number of rotatable bonds is 6. The lowest BCUT2D eigenvalue weighted by atomic mass is 10.4. The highest BCUT2D eigenvalue weighted by atomic mass is 32.2. The molecule has 0 aromatic carbocycles. The Morgan fingerprint density at radius 2 is 2.20 bits per heavy atom. The molecule has 2 aromatic heterocycles. The lowest BCUT2D eigenvalue weighted by Gasteiger charge is -2.07.